The molecular weight excluding hydrogens is 332 g/mol. The minimum Gasteiger partial charge on any atom is -0.496 e. The maximum atomic E-state index is 10.8. The van der Waals surface area contributed by atoms with Crippen LogP contribution in [0.15, 0.2) is 34.8 Å². The first-order valence-corrected chi connectivity index (χ1v) is 7.44. The van der Waals surface area contributed by atoms with E-state index >= 15 is 0 Å². The molecule has 2 aromatic rings. The van der Waals surface area contributed by atoms with Crippen molar-refractivity contribution in [3.8, 4) is 11.5 Å². The Morgan fingerprint density at radius 1 is 1.00 bits per heavy atom. The molecule has 0 aliphatic rings. The first kappa shape index (κ1) is 15.9. The number of aliphatic hydroxyl groups excluding tert-OH is 1. The summed E-state index contributed by atoms with van der Waals surface area (Å²) in [6.45, 7) is 3.99. The van der Waals surface area contributed by atoms with Crippen LogP contribution in [0.3, 0.4) is 0 Å². The molecule has 1 atom stereocenters. The fraction of sp³-hybridized carbons (Fsp3) is 0.294. The van der Waals surface area contributed by atoms with Gasteiger partial charge >= 0.3 is 0 Å². The molecule has 1 unspecified atom stereocenters. The molecule has 2 aromatic carbocycles. The molecule has 0 bridgehead atoms. The van der Waals surface area contributed by atoms with Crippen molar-refractivity contribution in [2.45, 2.75) is 20.0 Å². The molecule has 0 radical (unpaired) electrons. The average Bonchev–Trinajstić information content (AvgIpc) is 2.46. The Balaban J connectivity index is 2.59. The Morgan fingerprint density at radius 2 is 1.57 bits per heavy atom. The zero-order chi connectivity index (χ0) is 15.6. The molecular formula is C17H19BrO3. The molecule has 0 spiro atoms. The lowest BCUT2D eigenvalue weighted by molar-refractivity contribution is 0.212. The molecule has 4 heteroatoms. The standard InChI is InChI=1S/C17H19BrO3/c1-10-6-5-7-11(2)16(10)17(19)12-8-15(21-4)13(18)9-14(12)20-3/h5-9,17,19H,1-4H3. The van der Waals surface area contributed by atoms with Crippen LogP contribution in [0.2, 0.25) is 0 Å². The second kappa shape index (κ2) is 6.50. The summed E-state index contributed by atoms with van der Waals surface area (Å²) in [6, 6.07) is 9.59. The van der Waals surface area contributed by atoms with Gasteiger partial charge in [0.2, 0.25) is 0 Å². The first-order valence-electron chi connectivity index (χ1n) is 6.65. The molecule has 0 aromatic heterocycles. The fourth-order valence-corrected chi connectivity index (χ4v) is 3.00. The van der Waals surface area contributed by atoms with Gasteiger partial charge in [-0.3, -0.25) is 0 Å². The second-order valence-corrected chi connectivity index (χ2v) is 5.79. The number of aliphatic hydroxyl groups is 1. The van der Waals surface area contributed by atoms with Gasteiger partial charge in [0.15, 0.2) is 0 Å². The third-order valence-electron chi connectivity index (χ3n) is 3.61. The first-order chi connectivity index (χ1) is 9.99. The Labute approximate surface area is 133 Å². The number of rotatable bonds is 4. The molecule has 0 amide bonds. The van der Waals surface area contributed by atoms with Crippen LogP contribution >= 0.6 is 15.9 Å². The van der Waals surface area contributed by atoms with E-state index in [9.17, 15) is 5.11 Å². The van der Waals surface area contributed by atoms with Crippen LogP contribution in [-0.2, 0) is 0 Å². The van der Waals surface area contributed by atoms with Crippen molar-refractivity contribution in [1.82, 2.24) is 0 Å². The van der Waals surface area contributed by atoms with Crippen LogP contribution in [0.4, 0.5) is 0 Å². The van der Waals surface area contributed by atoms with E-state index in [1.807, 2.05) is 38.1 Å². The molecule has 3 nitrogen and oxygen atoms in total. The van der Waals surface area contributed by atoms with Crippen molar-refractivity contribution in [3.63, 3.8) is 0 Å². The SMILES string of the molecule is COc1cc(C(O)c2c(C)cccc2C)c(OC)cc1Br. The Hall–Kier alpha value is -1.52. The Bertz CT molecular complexity index is 632. The molecule has 0 fully saturated rings. The van der Waals surface area contributed by atoms with Gasteiger partial charge in [0.25, 0.3) is 0 Å². The van der Waals surface area contributed by atoms with Crippen LogP contribution in [0.25, 0.3) is 0 Å². The van der Waals surface area contributed by atoms with Crippen molar-refractivity contribution in [2.24, 2.45) is 0 Å². The second-order valence-electron chi connectivity index (χ2n) is 4.94. The highest BCUT2D eigenvalue weighted by Gasteiger charge is 2.21. The number of halogens is 1. The van der Waals surface area contributed by atoms with Crippen molar-refractivity contribution in [1.29, 1.82) is 0 Å². The smallest absolute Gasteiger partial charge is 0.133 e. The molecule has 2 rings (SSSR count). The molecule has 0 saturated heterocycles. The molecule has 0 aliphatic carbocycles. The molecule has 0 aliphatic heterocycles. The highest BCUT2D eigenvalue weighted by Crippen LogP contribution is 2.39. The average molecular weight is 351 g/mol. The van der Waals surface area contributed by atoms with E-state index in [-0.39, 0.29) is 0 Å². The minimum atomic E-state index is -0.761. The fourth-order valence-electron chi connectivity index (χ4n) is 2.51. The number of ether oxygens (including phenoxy) is 2. The van der Waals surface area contributed by atoms with Gasteiger partial charge in [0.05, 0.1) is 18.7 Å². The number of hydrogen-bond acceptors (Lipinski definition) is 3. The van der Waals surface area contributed by atoms with Crippen LogP contribution in [0, 0.1) is 13.8 Å². The molecule has 1 N–H and O–H groups in total. The van der Waals surface area contributed by atoms with Crippen LogP contribution in [-0.4, -0.2) is 19.3 Å². The summed E-state index contributed by atoms with van der Waals surface area (Å²) in [4.78, 5) is 0. The summed E-state index contributed by atoms with van der Waals surface area (Å²) in [5, 5.41) is 10.8. The van der Waals surface area contributed by atoms with Gasteiger partial charge in [-0.25, -0.2) is 0 Å². The van der Waals surface area contributed by atoms with Gasteiger partial charge < -0.3 is 14.6 Å². The number of methoxy groups -OCH3 is 2. The lowest BCUT2D eigenvalue weighted by Crippen LogP contribution is -2.07. The summed E-state index contributed by atoms with van der Waals surface area (Å²) in [7, 11) is 3.19. The quantitative estimate of drug-likeness (QED) is 0.899. The van der Waals surface area contributed by atoms with Gasteiger partial charge in [-0.1, -0.05) is 18.2 Å². The zero-order valence-electron chi connectivity index (χ0n) is 12.6. The molecule has 21 heavy (non-hydrogen) atoms. The van der Waals surface area contributed by atoms with E-state index < -0.39 is 6.10 Å². The number of benzene rings is 2. The zero-order valence-corrected chi connectivity index (χ0v) is 14.2. The van der Waals surface area contributed by atoms with Crippen molar-refractivity contribution in [3.05, 3.63) is 57.1 Å². The van der Waals surface area contributed by atoms with Gasteiger partial charge in [-0.2, -0.15) is 0 Å². The summed E-state index contributed by atoms with van der Waals surface area (Å²) in [5.74, 6) is 1.29. The van der Waals surface area contributed by atoms with Gasteiger partial charge in [-0.05, 0) is 58.6 Å². The van der Waals surface area contributed by atoms with E-state index in [0.717, 1.165) is 21.2 Å². The van der Waals surface area contributed by atoms with E-state index in [0.29, 0.717) is 17.1 Å². The van der Waals surface area contributed by atoms with Crippen LogP contribution in [0.1, 0.15) is 28.4 Å². The van der Waals surface area contributed by atoms with Crippen molar-refractivity contribution in [2.75, 3.05) is 14.2 Å². The predicted octanol–water partition coefficient (Wildman–Crippen LogP) is 4.16. The van der Waals surface area contributed by atoms with Gasteiger partial charge in [0, 0.05) is 5.56 Å². The predicted molar refractivity (Wildman–Crippen MR) is 87.2 cm³/mol. The monoisotopic (exact) mass is 350 g/mol. The van der Waals surface area contributed by atoms with E-state index in [2.05, 4.69) is 15.9 Å². The highest BCUT2D eigenvalue weighted by molar-refractivity contribution is 9.10. The summed E-state index contributed by atoms with van der Waals surface area (Å²) < 4.78 is 11.5. The number of aryl methyl sites for hydroxylation is 2. The Kier molecular flexibility index (Phi) is 4.91. The normalized spacial score (nSPS) is 12.1. The third-order valence-corrected chi connectivity index (χ3v) is 4.23. The van der Waals surface area contributed by atoms with Gasteiger partial charge in [0.1, 0.15) is 17.6 Å². The Morgan fingerprint density at radius 3 is 2.10 bits per heavy atom. The lowest BCUT2D eigenvalue weighted by atomic mass is 9.93. The largest absolute Gasteiger partial charge is 0.496 e. The van der Waals surface area contributed by atoms with Crippen LogP contribution < -0.4 is 9.47 Å². The third kappa shape index (κ3) is 3.06. The van der Waals surface area contributed by atoms with E-state index in [1.165, 1.54) is 0 Å². The van der Waals surface area contributed by atoms with E-state index in [4.69, 9.17) is 9.47 Å². The lowest BCUT2D eigenvalue weighted by Gasteiger charge is -2.20. The van der Waals surface area contributed by atoms with Gasteiger partial charge in [-0.15, -0.1) is 0 Å². The van der Waals surface area contributed by atoms with E-state index in [1.54, 1.807) is 20.3 Å². The van der Waals surface area contributed by atoms with Crippen molar-refractivity contribution >= 4 is 15.9 Å². The maximum Gasteiger partial charge on any atom is 0.133 e. The molecule has 112 valence electrons. The topological polar surface area (TPSA) is 38.7 Å². The molecule has 0 heterocycles. The summed E-state index contributed by atoms with van der Waals surface area (Å²) in [6.07, 6.45) is -0.761. The minimum absolute atomic E-state index is 0.623. The number of hydrogen-bond donors (Lipinski definition) is 1. The highest BCUT2D eigenvalue weighted by atomic mass is 79.9. The maximum absolute atomic E-state index is 10.8. The van der Waals surface area contributed by atoms with Crippen LogP contribution in [0.5, 0.6) is 11.5 Å². The summed E-state index contributed by atoms with van der Waals surface area (Å²) in [5.41, 5.74) is 3.69. The van der Waals surface area contributed by atoms with Crippen molar-refractivity contribution < 1.29 is 14.6 Å². The summed E-state index contributed by atoms with van der Waals surface area (Å²) >= 11 is 3.43. The molecule has 0 saturated carbocycles.